The van der Waals surface area contributed by atoms with Crippen LogP contribution in [0.2, 0.25) is 0 Å². The Kier molecular flexibility index (Phi) is 27.5. The number of aromatic carboxylic acids is 1. The fraction of sp³-hybridized carbons (Fsp3) is 0.0641. The minimum Gasteiger partial charge on any atom is -0.476 e. The predicted molar refractivity (Wildman–Crippen MR) is 409 cm³/mol. The van der Waals surface area contributed by atoms with Crippen molar-refractivity contribution in [3.8, 4) is 58.5 Å². The van der Waals surface area contributed by atoms with Gasteiger partial charge >= 0.3 is 5.97 Å². The molecule has 0 atom stereocenters. The zero-order valence-corrected chi connectivity index (χ0v) is 59.4. The van der Waals surface area contributed by atoms with Gasteiger partial charge in [0, 0.05) is 86.1 Å². The van der Waals surface area contributed by atoms with Crippen LogP contribution in [0.5, 0.6) is 0 Å². The van der Waals surface area contributed by atoms with Crippen molar-refractivity contribution in [2.45, 2.75) is 34.1 Å². The normalized spacial score (nSPS) is 10.1. The quantitative estimate of drug-likeness (QED) is 0.0222. The zero-order chi connectivity index (χ0) is 79.0. The number of carboxylic acid groups (broad SMARTS) is 1. The van der Waals surface area contributed by atoms with Crippen LogP contribution < -0.4 is 28.7 Å². The molecule has 0 aliphatic heterocycles. The van der Waals surface area contributed by atoms with Gasteiger partial charge in [-0.05, 0) is 212 Å². The molecule has 109 heavy (non-hydrogen) atoms. The number of nitrogen functional groups attached to an aromatic ring is 5. The van der Waals surface area contributed by atoms with E-state index in [1.54, 1.807) is 80.8 Å². The lowest BCUT2D eigenvalue weighted by atomic mass is 10.0. The molecule has 5 aromatic carbocycles. The van der Waals surface area contributed by atoms with Crippen LogP contribution in [0.1, 0.15) is 76.9 Å². The number of pyridine rings is 5. The molecule has 25 nitrogen and oxygen atoms in total. The average Bonchev–Trinajstić information content (AvgIpc) is 1.68. The molecule has 14 rings (SSSR count). The number of fused-ring (bicyclic) bond motifs is 2. The summed E-state index contributed by atoms with van der Waals surface area (Å²) < 4.78 is 63.9. The molecule has 14 aromatic rings. The molecule has 548 valence electrons. The van der Waals surface area contributed by atoms with E-state index < -0.39 is 15.8 Å². The first-order chi connectivity index (χ1) is 52.0. The van der Waals surface area contributed by atoms with E-state index in [0.29, 0.717) is 55.2 Å². The Labute approximate surface area is 625 Å². The van der Waals surface area contributed by atoms with Gasteiger partial charge in [0.15, 0.2) is 11.5 Å². The predicted octanol–water partition coefficient (Wildman–Crippen LogP) is 14.8. The summed E-state index contributed by atoms with van der Waals surface area (Å²) in [7, 11) is 0. The lowest BCUT2D eigenvalue weighted by Crippen LogP contribution is -2.06. The first-order valence-electron chi connectivity index (χ1n) is 31.8. The number of nitro groups is 2. The molecule has 15 N–H and O–H groups in total. The number of aryl methyl sites for hydroxylation is 2. The highest BCUT2D eigenvalue weighted by molar-refractivity contribution is 9.10. The number of ketones is 1. The Morgan fingerprint density at radius 1 is 0.486 bits per heavy atom. The second-order valence-electron chi connectivity index (χ2n) is 23.0. The number of anilines is 5. The smallest absolute Gasteiger partial charge is 0.356 e. The molecular formula is C78H62BrF5N18O7. The molecule has 0 saturated heterocycles. The van der Waals surface area contributed by atoms with Gasteiger partial charge in [-0.3, -0.25) is 35.2 Å². The number of benzene rings is 5. The number of carboxylic acids is 1. The first kappa shape index (κ1) is 79.8. The fourth-order valence-electron chi connectivity index (χ4n) is 9.16. The minimum absolute atomic E-state index is 0.0395. The van der Waals surface area contributed by atoms with E-state index in [-0.39, 0.29) is 75.6 Å². The van der Waals surface area contributed by atoms with Crippen LogP contribution in [0, 0.1) is 113 Å². The highest BCUT2D eigenvalue weighted by Gasteiger charge is 2.17. The number of rotatable bonds is 8. The largest absolute Gasteiger partial charge is 0.476 e. The summed E-state index contributed by atoms with van der Waals surface area (Å²) in [6.45, 7) is 7.29. The van der Waals surface area contributed by atoms with Gasteiger partial charge in [0.25, 0.3) is 11.4 Å². The SMILES string of the molecule is C#Cc1ccc(F)cc1.Cc1[nH]nc(C(=O)Cc2cnc3[nH]c(-c4ccc(F)cc4)cc3c2)c1C.Cc1[nH]nc(C(=O)O)c1C.Nc1cnc(N)c(C#Cc2ccc(F)cc2)c1.Nc1cnc2[nH]c(-c3ccc(F)cc3)cc2c1.Nc1ncc([N+](=O)[O-])cc1Br.Nc1ncc([N+](=O)[O-])cc1C#Cc1ccc(F)cc1. The fourth-order valence-corrected chi connectivity index (χ4v) is 9.50. The van der Waals surface area contributed by atoms with E-state index in [0.717, 1.165) is 79.5 Å². The van der Waals surface area contributed by atoms with Gasteiger partial charge in [-0.1, -0.05) is 29.6 Å². The number of carbonyl (C=O) groups excluding carboxylic acids is 1. The minimum atomic E-state index is -0.984. The van der Waals surface area contributed by atoms with Crippen molar-refractivity contribution in [1.82, 2.24) is 55.3 Å². The average molecular weight is 1540 g/mol. The second-order valence-corrected chi connectivity index (χ2v) is 23.8. The van der Waals surface area contributed by atoms with Crippen molar-refractivity contribution in [2.24, 2.45) is 0 Å². The number of aromatic nitrogens is 11. The Bertz CT molecular complexity index is 5770. The number of halogens is 6. The summed E-state index contributed by atoms with van der Waals surface area (Å²) >= 11 is 3.02. The van der Waals surface area contributed by atoms with E-state index in [4.69, 9.17) is 40.2 Å². The first-order valence-corrected chi connectivity index (χ1v) is 32.6. The third kappa shape index (κ3) is 23.3. The van der Waals surface area contributed by atoms with Crippen molar-refractivity contribution in [3.63, 3.8) is 0 Å². The van der Waals surface area contributed by atoms with Gasteiger partial charge in [0.2, 0.25) is 0 Å². The molecule has 0 aliphatic rings. The van der Waals surface area contributed by atoms with Crippen molar-refractivity contribution in [3.05, 3.63) is 316 Å². The van der Waals surface area contributed by atoms with E-state index in [1.807, 2.05) is 38.1 Å². The molecule has 0 fully saturated rings. The number of carbonyl (C=O) groups is 2. The number of nitrogens with zero attached hydrogens (tertiary/aromatic N) is 9. The Balaban J connectivity index is 0.000000165. The molecule has 0 aliphatic carbocycles. The molecule has 0 saturated carbocycles. The van der Waals surface area contributed by atoms with Gasteiger partial charge in [-0.15, -0.1) is 6.42 Å². The van der Waals surface area contributed by atoms with E-state index in [2.05, 4.69) is 101 Å². The van der Waals surface area contributed by atoms with Gasteiger partial charge in [-0.2, -0.15) is 10.2 Å². The van der Waals surface area contributed by atoms with Gasteiger partial charge < -0.3 is 43.7 Å². The van der Waals surface area contributed by atoms with Crippen LogP contribution in [-0.2, 0) is 6.42 Å². The molecular weight excluding hydrogens is 1480 g/mol. The van der Waals surface area contributed by atoms with Crippen LogP contribution in [-0.4, -0.2) is 82.0 Å². The van der Waals surface area contributed by atoms with Gasteiger partial charge in [-0.25, -0.2) is 51.7 Å². The molecule has 9 heterocycles. The van der Waals surface area contributed by atoms with Crippen LogP contribution >= 0.6 is 15.9 Å². The summed E-state index contributed by atoms with van der Waals surface area (Å²) in [4.78, 5) is 68.7. The van der Waals surface area contributed by atoms with Gasteiger partial charge in [0.1, 0.15) is 75.9 Å². The molecule has 0 bridgehead atoms. The highest BCUT2D eigenvalue weighted by Crippen LogP contribution is 2.27. The maximum Gasteiger partial charge on any atom is 0.356 e. The lowest BCUT2D eigenvalue weighted by Gasteiger charge is -2.00. The van der Waals surface area contributed by atoms with Crippen LogP contribution in [0.25, 0.3) is 44.6 Å². The Morgan fingerprint density at radius 3 is 1.29 bits per heavy atom. The van der Waals surface area contributed by atoms with Crippen LogP contribution in [0.15, 0.2) is 199 Å². The summed E-state index contributed by atoms with van der Waals surface area (Å²) in [5.74, 6) is 11.8. The molecule has 31 heteroatoms. The summed E-state index contributed by atoms with van der Waals surface area (Å²) in [6.07, 6.45) is 12.2. The van der Waals surface area contributed by atoms with E-state index in [9.17, 15) is 51.8 Å². The van der Waals surface area contributed by atoms with E-state index in [1.165, 1.54) is 91.1 Å². The summed E-state index contributed by atoms with van der Waals surface area (Å²) in [5, 5.41) is 44.2. The van der Waals surface area contributed by atoms with Crippen molar-refractivity contribution in [1.29, 1.82) is 0 Å². The molecule has 0 unspecified atom stereocenters. The molecule has 0 amide bonds. The topological polar surface area (TPSA) is 424 Å². The number of H-pyrrole nitrogens is 4. The molecule has 0 radical (unpaired) electrons. The number of hydrogen-bond donors (Lipinski definition) is 10. The third-order valence-electron chi connectivity index (χ3n) is 15.2. The Hall–Kier alpha value is -14.9. The van der Waals surface area contributed by atoms with Gasteiger partial charge in [0.05, 0.1) is 49.2 Å². The van der Waals surface area contributed by atoms with Crippen molar-refractivity contribution in [2.75, 3.05) is 28.7 Å². The lowest BCUT2D eigenvalue weighted by molar-refractivity contribution is -0.385. The summed E-state index contributed by atoms with van der Waals surface area (Å²) in [6, 6.07) is 41.8. The molecule has 0 spiro atoms. The van der Waals surface area contributed by atoms with E-state index >= 15 is 0 Å². The van der Waals surface area contributed by atoms with Crippen LogP contribution in [0.4, 0.5) is 62.2 Å². The van der Waals surface area contributed by atoms with Crippen molar-refractivity contribution >= 4 is 90.0 Å². The number of terminal acetylenes is 1. The third-order valence-corrected chi connectivity index (χ3v) is 15.8. The van der Waals surface area contributed by atoms with Crippen LogP contribution in [0.3, 0.4) is 0 Å². The number of nitrogens with two attached hydrogens (primary N) is 5. The highest BCUT2D eigenvalue weighted by atomic mass is 79.9. The number of aromatic amines is 4. The zero-order valence-electron chi connectivity index (χ0n) is 57.8. The Morgan fingerprint density at radius 2 is 0.872 bits per heavy atom. The second kappa shape index (κ2) is 37.5. The number of hydrogen-bond acceptors (Lipinski definition) is 18. The summed E-state index contributed by atoms with van der Waals surface area (Å²) in [5.41, 5.74) is 41.2. The van der Waals surface area contributed by atoms with Crippen molar-refractivity contribution < 1.29 is 46.5 Å². The monoisotopic (exact) mass is 1540 g/mol. The molecule has 9 aromatic heterocycles. The standard InChI is InChI=1S/C20H17FN4O.C13H8FN3O2.2C13H10FN3.C8H5F.C6H8N2O2.C5H4BrN3O2/c1-11-12(2)24-25-19(11)18(26)8-13-7-15-9-17(23-20(15)22-10-13)14-3-5-16(21)6-4-14;14-11-5-2-9(3-6-11)1-4-10-7-12(17(18)19)8-16-13(10)15;14-10-3-1-8(2-4-10)12-6-9-5-11(15)7-16-13(9)17-12;14-11-5-2-9(3-6-11)1-4-10-7-12(15)8-17-13(10)16;1-2-7-3-5-8(9)6-4-7;1-3-4(2)7-8-5(3)6(9)10;6-4-1-3(9(10)11)2-8-5(4)7/h3-7,9-10H,8H2,1-2H3,(H,22,23)(H,24,25);2-3,5-8H,(H2,15,16);1-7H,15H2,(H,16,17);2-3,5-8H,15H2,(H2,16,17);1,3-6H;1-2H3,(H,7,8)(H,9,10);1-2H,(H2,7,8). The number of nitrogens with one attached hydrogen (secondary N) is 4. The maximum atomic E-state index is 13.1. The maximum absolute atomic E-state index is 13.1. The number of Topliss-reactive ketones (excluding diaryl/α,β-unsaturated/α-hetero) is 1.